The number of nitrogens with two attached hydrogens (primary N) is 2. The number of nitrogen functional groups attached to an aromatic ring is 1. The lowest BCUT2D eigenvalue weighted by Crippen LogP contribution is -2.35. The molecule has 1 rings (SSSR count). The number of primary amides is 1. The summed E-state index contributed by atoms with van der Waals surface area (Å²) in [6.45, 7) is 2.68. The molecule has 0 unspecified atom stereocenters. The Hall–Kier alpha value is -1.49. The molecule has 100 valence electrons. The molecule has 4 nitrogen and oxygen atoms in total. The highest BCUT2D eigenvalue weighted by atomic mass is 35.5. The van der Waals surface area contributed by atoms with E-state index in [1.807, 2.05) is 6.92 Å². The summed E-state index contributed by atoms with van der Waals surface area (Å²) in [5.74, 6) is -1.04. The van der Waals surface area contributed by atoms with Gasteiger partial charge in [-0.2, -0.15) is 0 Å². The van der Waals surface area contributed by atoms with Gasteiger partial charge in [0.15, 0.2) is 0 Å². The van der Waals surface area contributed by atoms with Crippen molar-refractivity contribution in [3.05, 3.63) is 23.0 Å². The summed E-state index contributed by atoms with van der Waals surface area (Å²) in [6.07, 6.45) is 1.84. The van der Waals surface area contributed by atoms with Crippen molar-refractivity contribution in [2.45, 2.75) is 19.8 Å². The minimum Gasteiger partial charge on any atom is -0.397 e. The van der Waals surface area contributed by atoms with Crippen LogP contribution in [0.1, 0.15) is 19.8 Å². The summed E-state index contributed by atoms with van der Waals surface area (Å²) in [4.78, 5) is 12.8. The number of halogens is 2. The number of rotatable bonds is 6. The van der Waals surface area contributed by atoms with Crippen molar-refractivity contribution in [3.8, 4) is 0 Å². The van der Waals surface area contributed by atoms with Crippen molar-refractivity contribution in [2.24, 2.45) is 5.73 Å². The minimum atomic E-state index is -0.576. The van der Waals surface area contributed by atoms with E-state index in [4.69, 9.17) is 23.1 Å². The molecule has 0 radical (unpaired) electrons. The third-order valence-corrected chi connectivity index (χ3v) is 2.83. The lowest BCUT2D eigenvalue weighted by atomic mass is 10.2. The lowest BCUT2D eigenvalue weighted by molar-refractivity contribution is -0.116. The Morgan fingerprint density at radius 2 is 2.17 bits per heavy atom. The fourth-order valence-electron chi connectivity index (χ4n) is 1.65. The standard InChI is InChI=1S/C12H17ClFN3O/c1-2-3-4-17(7-12(16)18)11-5-8(13)9(14)6-10(11)15/h5-6H,2-4,7,15H2,1H3,(H2,16,18). The SMILES string of the molecule is CCCCN(CC(N)=O)c1cc(Cl)c(F)cc1N. The first-order valence-electron chi connectivity index (χ1n) is 5.73. The molecule has 0 heterocycles. The average molecular weight is 274 g/mol. The Kier molecular flexibility index (Phi) is 5.22. The van der Waals surface area contributed by atoms with Gasteiger partial charge in [-0.3, -0.25) is 4.79 Å². The van der Waals surface area contributed by atoms with Gasteiger partial charge in [0.2, 0.25) is 5.91 Å². The van der Waals surface area contributed by atoms with Crippen molar-refractivity contribution in [1.82, 2.24) is 0 Å². The normalized spacial score (nSPS) is 10.4. The minimum absolute atomic E-state index is 0.0230. The smallest absolute Gasteiger partial charge is 0.236 e. The summed E-state index contributed by atoms with van der Waals surface area (Å²) in [7, 11) is 0. The molecular weight excluding hydrogens is 257 g/mol. The number of carbonyl (C=O) groups is 1. The van der Waals surface area contributed by atoms with Crippen LogP contribution in [0.25, 0.3) is 0 Å². The molecule has 4 N–H and O–H groups in total. The predicted molar refractivity (Wildman–Crippen MR) is 72.1 cm³/mol. The zero-order chi connectivity index (χ0) is 13.7. The molecule has 0 fully saturated rings. The van der Waals surface area contributed by atoms with E-state index in [-0.39, 0.29) is 17.3 Å². The van der Waals surface area contributed by atoms with Crippen LogP contribution in [-0.2, 0) is 4.79 Å². The Morgan fingerprint density at radius 1 is 1.50 bits per heavy atom. The molecule has 0 aliphatic carbocycles. The topological polar surface area (TPSA) is 72.3 Å². The van der Waals surface area contributed by atoms with Gasteiger partial charge in [-0.05, 0) is 12.5 Å². The van der Waals surface area contributed by atoms with Gasteiger partial charge in [-0.1, -0.05) is 24.9 Å². The van der Waals surface area contributed by atoms with E-state index < -0.39 is 11.7 Å². The molecule has 0 atom stereocenters. The molecule has 18 heavy (non-hydrogen) atoms. The molecule has 0 aliphatic rings. The van der Waals surface area contributed by atoms with E-state index in [9.17, 15) is 9.18 Å². The zero-order valence-electron chi connectivity index (χ0n) is 10.2. The van der Waals surface area contributed by atoms with Crippen molar-refractivity contribution in [1.29, 1.82) is 0 Å². The first-order chi connectivity index (χ1) is 8.45. The van der Waals surface area contributed by atoms with Crippen LogP contribution in [0.5, 0.6) is 0 Å². The number of hydrogen-bond donors (Lipinski definition) is 2. The van der Waals surface area contributed by atoms with Gasteiger partial charge in [0.1, 0.15) is 5.82 Å². The second kappa shape index (κ2) is 6.44. The van der Waals surface area contributed by atoms with E-state index in [2.05, 4.69) is 0 Å². The van der Waals surface area contributed by atoms with Gasteiger partial charge >= 0.3 is 0 Å². The molecule has 1 amide bonds. The molecule has 0 spiro atoms. The van der Waals surface area contributed by atoms with Crippen LogP contribution < -0.4 is 16.4 Å². The highest BCUT2D eigenvalue weighted by Crippen LogP contribution is 2.29. The van der Waals surface area contributed by atoms with Gasteiger partial charge in [0.25, 0.3) is 0 Å². The predicted octanol–water partition coefficient (Wildman–Crippen LogP) is 2.15. The van der Waals surface area contributed by atoms with Crippen molar-refractivity contribution in [3.63, 3.8) is 0 Å². The molecule has 0 aliphatic heterocycles. The van der Waals surface area contributed by atoms with Gasteiger partial charge in [0, 0.05) is 12.6 Å². The van der Waals surface area contributed by atoms with Gasteiger partial charge in [-0.25, -0.2) is 4.39 Å². The number of hydrogen-bond acceptors (Lipinski definition) is 3. The molecule has 0 aromatic heterocycles. The largest absolute Gasteiger partial charge is 0.397 e. The van der Waals surface area contributed by atoms with Crippen molar-refractivity contribution in [2.75, 3.05) is 23.7 Å². The van der Waals surface area contributed by atoms with E-state index in [0.717, 1.165) is 18.9 Å². The average Bonchev–Trinajstić information content (AvgIpc) is 2.29. The second-order valence-electron chi connectivity index (χ2n) is 4.07. The third-order valence-electron chi connectivity index (χ3n) is 2.54. The fraction of sp³-hybridized carbons (Fsp3) is 0.417. The van der Waals surface area contributed by atoms with Crippen molar-refractivity contribution >= 4 is 28.9 Å². The Bertz CT molecular complexity index is 440. The molecule has 1 aromatic rings. The second-order valence-corrected chi connectivity index (χ2v) is 4.47. The summed E-state index contributed by atoms with van der Waals surface area (Å²) in [5, 5.41) is -0.0230. The maximum Gasteiger partial charge on any atom is 0.236 e. The molecule has 0 bridgehead atoms. The van der Waals surface area contributed by atoms with E-state index >= 15 is 0 Å². The Morgan fingerprint density at radius 3 is 2.72 bits per heavy atom. The number of unbranched alkanes of at least 4 members (excludes halogenated alkanes) is 1. The van der Waals surface area contributed by atoms with Gasteiger partial charge in [0.05, 0.1) is 22.9 Å². The maximum absolute atomic E-state index is 13.2. The summed E-state index contributed by atoms with van der Waals surface area (Å²) in [6, 6.07) is 2.57. The number of benzene rings is 1. The van der Waals surface area contributed by atoms with Crippen LogP contribution in [0.3, 0.4) is 0 Å². The maximum atomic E-state index is 13.2. The lowest BCUT2D eigenvalue weighted by Gasteiger charge is -2.25. The van der Waals surface area contributed by atoms with Crippen LogP contribution in [0.2, 0.25) is 5.02 Å². The summed E-state index contributed by atoms with van der Waals surface area (Å²) < 4.78 is 13.2. The van der Waals surface area contributed by atoms with Crippen LogP contribution >= 0.6 is 11.6 Å². The Balaban J connectivity index is 3.03. The van der Waals surface area contributed by atoms with Crippen LogP contribution in [-0.4, -0.2) is 19.0 Å². The fourth-order valence-corrected chi connectivity index (χ4v) is 1.81. The molecule has 1 aromatic carbocycles. The third kappa shape index (κ3) is 3.77. The van der Waals surface area contributed by atoms with E-state index in [1.54, 1.807) is 4.90 Å². The Labute approximate surface area is 111 Å². The first kappa shape index (κ1) is 14.6. The van der Waals surface area contributed by atoms with Gasteiger partial charge in [-0.15, -0.1) is 0 Å². The van der Waals surface area contributed by atoms with E-state index in [0.29, 0.717) is 12.2 Å². The first-order valence-corrected chi connectivity index (χ1v) is 6.11. The molecular formula is C12H17ClFN3O. The van der Waals surface area contributed by atoms with Gasteiger partial charge < -0.3 is 16.4 Å². The van der Waals surface area contributed by atoms with Crippen LogP contribution in [0.15, 0.2) is 12.1 Å². The summed E-state index contributed by atoms with van der Waals surface area (Å²) in [5.41, 5.74) is 11.7. The zero-order valence-corrected chi connectivity index (χ0v) is 11.0. The summed E-state index contributed by atoms with van der Waals surface area (Å²) >= 11 is 5.73. The highest BCUT2D eigenvalue weighted by molar-refractivity contribution is 6.31. The number of anilines is 2. The number of amides is 1. The highest BCUT2D eigenvalue weighted by Gasteiger charge is 2.14. The van der Waals surface area contributed by atoms with Crippen LogP contribution in [0, 0.1) is 5.82 Å². The number of nitrogens with zero attached hydrogens (tertiary/aromatic N) is 1. The van der Waals surface area contributed by atoms with Crippen LogP contribution in [0.4, 0.5) is 15.8 Å². The van der Waals surface area contributed by atoms with E-state index in [1.165, 1.54) is 6.07 Å². The molecule has 0 saturated carbocycles. The molecule has 0 saturated heterocycles. The molecule has 6 heteroatoms. The monoisotopic (exact) mass is 273 g/mol. The number of carbonyl (C=O) groups excluding carboxylic acids is 1. The quantitative estimate of drug-likeness (QED) is 0.780. The van der Waals surface area contributed by atoms with Crippen molar-refractivity contribution < 1.29 is 9.18 Å².